The highest BCUT2D eigenvalue weighted by Crippen LogP contribution is 2.70. The van der Waals surface area contributed by atoms with Crippen LogP contribution in [0.5, 0.6) is 0 Å². The van der Waals surface area contributed by atoms with Crippen molar-refractivity contribution in [2.45, 2.75) is 85.0 Å². The summed E-state index contributed by atoms with van der Waals surface area (Å²) in [6, 6.07) is 0. The molecule has 0 aliphatic heterocycles. The Morgan fingerprint density at radius 3 is 2.61 bits per heavy atom. The number of hydrogen-bond donors (Lipinski definition) is 0. The van der Waals surface area contributed by atoms with Crippen molar-refractivity contribution in [2.75, 3.05) is 0 Å². The first-order valence-electron chi connectivity index (χ1n) is 10.7. The van der Waals surface area contributed by atoms with Crippen molar-refractivity contribution in [1.82, 2.24) is 0 Å². The van der Waals surface area contributed by atoms with Crippen LogP contribution >= 0.6 is 0 Å². The highest BCUT2D eigenvalue weighted by Gasteiger charge is 2.62. The Morgan fingerprint density at radius 1 is 0.913 bits per heavy atom. The van der Waals surface area contributed by atoms with Gasteiger partial charge in [0.05, 0.1) is 0 Å². The summed E-state index contributed by atoms with van der Waals surface area (Å²) in [4.78, 5) is 0. The molecule has 0 aromatic rings. The molecule has 23 heavy (non-hydrogen) atoms. The Labute approximate surface area is 143 Å². The third-order valence-corrected chi connectivity index (χ3v) is 10.1. The molecular weight excluding hydrogens is 276 g/mol. The van der Waals surface area contributed by atoms with Gasteiger partial charge >= 0.3 is 0 Å². The fourth-order valence-corrected chi connectivity index (χ4v) is 8.84. The van der Waals surface area contributed by atoms with Gasteiger partial charge < -0.3 is 0 Å². The molecule has 0 aromatic carbocycles. The van der Waals surface area contributed by atoms with Crippen LogP contribution in [0.1, 0.15) is 85.0 Å². The van der Waals surface area contributed by atoms with Crippen LogP contribution in [0, 0.1) is 46.3 Å². The van der Waals surface area contributed by atoms with E-state index in [2.05, 4.69) is 26.8 Å². The molecule has 5 rings (SSSR count). The van der Waals surface area contributed by atoms with Crippen molar-refractivity contribution in [3.8, 4) is 0 Å². The summed E-state index contributed by atoms with van der Waals surface area (Å²) >= 11 is 0. The molecule has 4 saturated carbocycles. The summed E-state index contributed by atoms with van der Waals surface area (Å²) in [5.41, 5.74) is 3.21. The van der Waals surface area contributed by atoms with E-state index >= 15 is 0 Å². The molecule has 0 heterocycles. The van der Waals surface area contributed by atoms with Crippen molar-refractivity contribution < 1.29 is 0 Å². The quantitative estimate of drug-likeness (QED) is 0.441. The third kappa shape index (κ3) is 1.79. The lowest BCUT2D eigenvalue weighted by Gasteiger charge is -2.62. The lowest BCUT2D eigenvalue weighted by atomic mass is 9.43. The van der Waals surface area contributed by atoms with Gasteiger partial charge in [0.1, 0.15) is 0 Å². The summed E-state index contributed by atoms with van der Waals surface area (Å²) in [6.07, 6.45) is 17.9. The van der Waals surface area contributed by atoms with Gasteiger partial charge in [-0.15, -0.1) is 0 Å². The predicted octanol–water partition coefficient (Wildman–Crippen LogP) is 6.61. The highest BCUT2D eigenvalue weighted by molar-refractivity contribution is 5.29. The van der Waals surface area contributed by atoms with Gasteiger partial charge in [-0.3, -0.25) is 0 Å². The number of fused-ring (bicyclic) bond motifs is 4. The molecule has 0 N–H and O–H groups in total. The Balaban J connectivity index is 1.56. The maximum absolute atomic E-state index is 2.73. The van der Waals surface area contributed by atoms with E-state index in [1.165, 1.54) is 38.5 Å². The fraction of sp³-hybridized carbons (Fsp3) is 0.913. The smallest absolute Gasteiger partial charge is 0.00544 e. The van der Waals surface area contributed by atoms with Crippen molar-refractivity contribution >= 4 is 0 Å². The number of hydrogen-bond acceptors (Lipinski definition) is 0. The zero-order valence-electron chi connectivity index (χ0n) is 15.6. The molecule has 8 atom stereocenters. The third-order valence-electron chi connectivity index (χ3n) is 10.1. The predicted molar refractivity (Wildman–Crippen MR) is 97.1 cm³/mol. The molecule has 0 spiro atoms. The van der Waals surface area contributed by atoms with Gasteiger partial charge in [-0.1, -0.05) is 45.3 Å². The standard InChI is InChI=1S/C23H36/c1-15-7-8-17-14-21-18(20-12-11-19(15)23(17,20)3)10-9-16-6-4-5-13-22(16,21)2/h8,15-16,18-21H,4-7,9-14H2,1-3H3/t15-,16+,18+,19-,20+,21+,22+,23-/m1/s1. The van der Waals surface area contributed by atoms with E-state index in [4.69, 9.17) is 0 Å². The van der Waals surface area contributed by atoms with Crippen molar-refractivity contribution in [3.05, 3.63) is 11.6 Å². The second kappa shape index (κ2) is 4.89. The Morgan fingerprint density at radius 2 is 1.74 bits per heavy atom. The second-order valence-corrected chi connectivity index (χ2v) is 10.5. The van der Waals surface area contributed by atoms with Gasteiger partial charge in [0.15, 0.2) is 0 Å². The molecule has 0 nitrogen and oxygen atoms in total. The molecule has 0 saturated heterocycles. The minimum atomic E-state index is 0.594. The average Bonchev–Trinajstić information content (AvgIpc) is 2.89. The monoisotopic (exact) mass is 312 g/mol. The normalized spacial score (nSPS) is 58.0. The molecule has 0 aromatic heterocycles. The Hall–Kier alpha value is -0.260. The van der Waals surface area contributed by atoms with Crippen LogP contribution in [-0.2, 0) is 0 Å². The van der Waals surface area contributed by atoms with Gasteiger partial charge in [0, 0.05) is 0 Å². The summed E-state index contributed by atoms with van der Waals surface area (Å²) < 4.78 is 0. The highest BCUT2D eigenvalue weighted by atomic mass is 14.7. The SMILES string of the molecule is C[C@@H]1CC=C2C[C@H]3[C@@H](CC[C@@H]4CCCC[C@@]43C)[C@@H]3CC[C@H]1[C@@]23C. The van der Waals surface area contributed by atoms with Crippen LogP contribution in [0.2, 0.25) is 0 Å². The first-order chi connectivity index (χ1) is 11.0. The lowest BCUT2D eigenvalue weighted by molar-refractivity contribution is -0.0929. The van der Waals surface area contributed by atoms with E-state index in [1.54, 1.807) is 25.7 Å². The molecule has 128 valence electrons. The molecular formula is C23H36. The van der Waals surface area contributed by atoms with E-state index in [9.17, 15) is 0 Å². The summed E-state index contributed by atoms with van der Waals surface area (Å²) in [7, 11) is 0. The molecule has 5 aliphatic rings. The van der Waals surface area contributed by atoms with E-state index < -0.39 is 0 Å². The first-order valence-corrected chi connectivity index (χ1v) is 10.7. The van der Waals surface area contributed by atoms with Crippen LogP contribution < -0.4 is 0 Å². The molecule has 0 radical (unpaired) electrons. The van der Waals surface area contributed by atoms with Crippen molar-refractivity contribution in [3.63, 3.8) is 0 Å². The maximum Gasteiger partial charge on any atom is -0.00544 e. The van der Waals surface area contributed by atoms with Crippen LogP contribution in [0.25, 0.3) is 0 Å². The van der Waals surface area contributed by atoms with Gasteiger partial charge in [0.2, 0.25) is 0 Å². The second-order valence-electron chi connectivity index (χ2n) is 10.5. The van der Waals surface area contributed by atoms with Gasteiger partial charge in [-0.2, -0.15) is 0 Å². The van der Waals surface area contributed by atoms with E-state index in [0.717, 1.165) is 35.5 Å². The molecule has 0 unspecified atom stereocenters. The van der Waals surface area contributed by atoms with Crippen LogP contribution in [0.15, 0.2) is 11.6 Å². The summed E-state index contributed by atoms with van der Waals surface area (Å²) in [5, 5.41) is 0. The minimum absolute atomic E-state index is 0.594. The largest absolute Gasteiger partial charge is 0.0845 e. The summed E-state index contributed by atoms with van der Waals surface area (Å²) in [6.45, 7) is 7.95. The molecule has 5 aliphatic carbocycles. The number of rotatable bonds is 0. The lowest BCUT2D eigenvalue weighted by Crippen LogP contribution is -2.54. The zero-order chi connectivity index (χ0) is 15.8. The van der Waals surface area contributed by atoms with E-state index in [0.29, 0.717) is 10.8 Å². The maximum atomic E-state index is 2.73. The number of allylic oxidation sites excluding steroid dienone is 2. The first kappa shape index (κ1) is 15.0. The topological polar surface area (TPSA) is 0 Å². The molecule has 4 fully saturated rings. The molecule has 0 amide bonds. The average molecular weight is 313 g/mol. The van der Waals surface area contributed by atoms with E-state index in [1.807, 2.05) is 5.57 Å². The van der Waals surface area contributed by atoms with Crippen LogP contribution in [-0.4, -0.2) is 0 Å². The van der Waals surface area contributed by atoms with Gasteiger partial charge in [0.25, 0.3) is 0 Å². The minimum Gasteiger partial charge on any atom is -0.0845 e. The van der Waals surface area contributed by atoms with Gasteiger partial charge in [-0.25, -0.2) is 0 Å². The Bertz CT molecular complexity index is 530. The zero-order valence-corrected chi connectivity index (χ0v) is 15.6. The van der Waals surface area contributed by atoms with Gasteiger partial charge in [-0.05, 0) is 97.7 Å². The van der Waals surface area contributed by atoms with Crippen LogP contribution in [0.3, 0.4) is 0 Å². The summed E-state index contributed by atoms with van der Waals surface area (Å²) in [5.74, 6) is 6.11. The Kier molecular flexibility index (Phi) is 3.19. The van der Waals surface area contributed by atoms with Crippen LogP contribution in [0.4, 0.5) is 0 Å². The molecule has 0 bridgehead atoms. The molecule has 0 heteroatoms. The van der Waals surface area contributed by atoms with Crippen molar-refractivity contribution in [2.24, 2.45) is 46.3 Å². The van der Waals surface area contributed by atoms with Crippen molar-refractivity contribution in [1.29, 1.82) is 0 Å². The van der Waals surface area contributed by atoms with E-state index in [-0.39, 0.29) is 0 Å². The fourth-order valence-electron chi connectivity index (χ4n) is 8.84.